The summed E-state index contributed by atoms with van der Waals surface area (Å²) in [5.74, 6) is 0.343. The minimum Gasteiger partial charge on any atom is -0.351 e. The fraction of sp³-hybridized carbons (Fsp3) is 0.929. The number of amides is 2. The van der Waals surface area contributed by atoms with E-state index in [4.69, 9.17) is 0 Å². The Morgan fingerprint density at radius 3 is 1.19 bits per heavy atom. The van der Waals surface area contributed by atoms with Crippen LogP contribution in [0, 0.1) is 0 Å². The normalized spacial score (nSPS) is 18.4. The van der Waals surface area contributed by atoms with E-state index in [9.17, 15) is 9.59 Å². The number of hydrogen-bond acceptors (Lipinski definition) is 2. The van der Waals surface area contributed by atoms with E-state index in [0.29, 0.717) is 12.8 Å². The standard InChI is InChI=1S/C28H54N2O2/c1-3-5-7-9-11-13-15-17-23-27(31)29-25-21-19-20-22-26(25)30-28(32)24-18-16-14-12-10-8-6-4-2/h25-26H,3-24H2,1-2H3,(H,29,31)(H,30,32). The van der Waals surface area contributed by atoms with Crippen molar-refractivity contribution in [2.45, 2.75) is 167 Å². The molecule has 0 heterocycles. The highest BCUT2D eigenvalue weighted by molar-refractivity contribution is 5.77. The lowest BCUT2D eigenvalue weighted by molar-refractivity contribution is -0.125. The minimum absolute atomic E-state index is 0.118. The van der Waals surface area contributed by atoms with Gasteiger partial charge in [0.15, 0.2) is 0 Å². The summed E-state index contributed by atoms with van der Waals surface area (Å²) < 4.78 is 0. The topological polar surface area (TPSA) is 58.2 Å². The van der Waals surface area contributed by atoms with E-state index in [0.717, 1.165) is 51.4 Å². The lowest BCUT2D eigenvalue weighted by Crippen LogP contribution is -2.53. The molecule has 4 heteroatoms. The monoisotopic (exact) mass is 450 g/mol. The molecule has 2 N–H and O–H groups in total. The van der Waals surface area contributed by atoms with Crippen molar-refractivity contribution in [3.63, 3.8) is 0 Å². The summed E-state index contributed by atoms with van der Waals surface area (Å²) in [4.78, 5) is 24.9. The molecule has 2 amide bonds. The van der Waals surface area contributed by atoms with E-state index >= 15 is 0 Å². The summed E-state index contributed by atoms with van der Waals surface area (Å²) >= 11 is 0. The highest BCUT2D eigenvalue weighted by atomic mass is 16.2. The first kappa shape index (κ1) is 29.0. The maximum atomic E-state index is 12.4. The van der Waals surface area contributed by atoms with Crippen LogP contribution < -0.4 is 10.6 Å². The Kier molecular flexibility index (Phi) is 18.6. The van der Waals surface area contributed by atoms with Crippen LogP contribution in [-0.2, 0) is 9.59 Å². The summed E-state index contributed by atoms with van der Waals surface area (Å²) in [6.07, 6.45) is 25.6. The van der Waals surface area contributed by atoms with Gasteiger partial charge in [-0.15, -0.1) is 0 Å². The molecule has 1 saturated carbocycles. The van der Waals surface area contributed by atoms with E-state index in [1.165, 1.54) is 77.0 Å². The third-order valence-electron chi connectivity index (χ3n) is 6.97. The highest BCUT2D eigenvalue weighted by Gasteiger charge is 2.27. The van der Waals surface area contributed by atoms with Crippen LogP contribution in [-0.4, -0.2) is 23.9 Å². The Balaban J connectivity index is 2.13. The van der Waals surface area contributed by atoms with Gasteiger partial charge in [0.05, 0.1) is 0 Å². The summed E-state index contributed by atoms with van der Waals surface area (Å²) in [5, 5.41) is 6.48. The smallest absolute Gasteiger partial charge is 0.220 e. The van der Waals surface area contributed by atoms with Gasteiger partial charge in [0.25, 0.3) is 0 Å². The maximum absolute atomic E-state index is 12.4. The quantitative estimate of drug-likeness (QED) is 0.188. The molecular formula is C28H54N2O2. The molecule has 1 rings (SSSR count). The third-order valence-corrected chi connectivity index (χ3v) is 6.97. The van der Waals surface area contributed by atoms with Gasteiger partial charge in [0.1, 0.15) is 0 Å². The van der Waals surface area contributed by atoms with Crippen molar-refractivity contribution in [2.24, 2.45) is 0 Å². The van der Waals surface area contributed by atoms with Gasteiger partial charge in [0, 0.05) is 24.9 Å². The molecule has 188 valence electrons. The first-order valence-corrected chi connectivity index (χ1v) is 14.3. The molecular weight excluding hydrogens is 396 g/mol. The molecule has 2 unspecified atom stereocenters. The van der Waals surface area contributed by atoms with Crippen LogP contribution >= 0.6 is 0 Å². The largest absolute Gasteiger partial charge is 0.351 e. The molecule has 0 bridgehead atoms. The van der Waals surface area contributed by atoms with E-state index in [-0.39, 0.29) is 23.9 Å². The Morgan fingerprint density at radius 1 is 0.531 bits per heavy atom. The van der Waals surface area contributed by atoms with Gasteiger partial charge in [-0.1, -0.05) is 117 Å². The molecule has 0 saturated heterocycles. The van der Waals surface area contributed by atoms with Gasteiger partial charge >= 0.3 is 0 Å². The fourth-order valence-electron chi connectivity index (χ4n) is 4.87. The molecule has 0 aromatic rings. The molecule has 1 aliphatic carbocycles. The predicted octanol–water partition coefficient (Wildman–Crippen LogP) is 7.59. The molecule has 0 spiro atoms. The van der Waals surface area contributed by atoms with Crippen LogP contribution in [0.2, 0.25) is 0 Å². The van der Waals surface area contributed by atoms with Crippen LogP contribution in [0.25, 0.3) is 0 Å². The van der Waals surface area contributed by atoms with Crippen LogP contribution in [0.4, 0.5) is 0 Å². The van der Waals surface area contributed by atoms with Crippen LogP contribution in [0.3, 0.4) is 0 Å². The summed E-state index contributed by atoms with van der Waals surface area (Å²) in [6.45, 7) is 4.50. The second kappa shape index (κ2) is 20.5. The van der Waals surface area contributed by atoms with Crippen molar-refractivity contribution in [1.82, 2.24) is 10.6 Å². The maximum Gasteiger partial charge on any atom is 0.220 e. The number of rotatable bonds is 20. The van der Waals surface area contributed by atoms with Gasteiger partial charge in [0.2, 0.25) is 11.8 Å². The second-order valence-corrected chi connectivity index (χ2v) is 10.1. The zero-order valence-corrected chi connectivity index (χ0v) is 21.5. The van der Waals surface area contributed by atoms with Gasteiger partial charge in [-0.25, -0.2) is 0 Å². The minimum atomic E-state index is 0.118. The van der Waals surface area contributed by atoms with Gasteiger partial charge < -0.3 is 10.6 Å². The van der Waals surface area contributed by atoms with Crippen molar-refractivity contribution in [1.29, 1.82) is 0 Å². The molecule has 0 aromatic heterocycles. The van der Waals surface area contributed by atoms with E-state index in [1.54, 1.807) is 0 Å². The fourth-order valence-corrected chi connectivity index (χ4v) is 4.87. The van der Waals surface area contributed by atoms with Gasteiger partial charge in [-0.3, -0.25) is 9.59 Å². The second-order valence-electron chi connectivity index (χ2n) is 10.1. The summed E-state index contributed by atoms with van der Waals surface area (Å²) in [6, 6.07) is 0.237. The molecule has 0 radical (unpaired) electrons. The zero-order valence-electron chi connectivity index (χ0n) is 21.5. The lowest BCUT2D eigenvalue weighted by atomic mass is 9.90. The molecule has 2 atom stereocenters. The molecule has 0 aromatic carbocycles. The molecule has 0 aliphatic heterocycles. The van der Waals surface area contributed by atoms with Crippen LogP contribution in [0.5, 0.6) is 0 Å². The van der Waals surface area contributed by atoms with Crippen molar-refractivity contribution in [2.75, 3.05) is 0 Å². The van der Waals surface area contributed by atoms with Crippen molar-refractivity contribution in [3.8, 4) is 0 Å². The Labute approximate surface area is 199 Å². The Morgan fingerprint density at radius 2 is 0.844 bits per heavy atom. The number of nitrogens with one attached hydrogen (secondary N) is 2. The van der Waals surface area contributed by atoms with Crippen molar-refractivity contribution < 1.29 is 9.59 Å². The summed E-state index contributed by atoms with van der Waals surface area (Å²) in [5.41, 5.74) is 0. The molecule has 1 fully saturated rings. The molecule has 4 nitrogen and oxygen atoms in total. The number of carbonyl (C=O) groups is 2. The van der Waals surface area contributed by atoms with E-state index < -0.39 is 0 Å². The van der Waals surface area contributed by atoms with Crippen LogP contribution in [0.15, 0.2) is 0 Å². The Hall–Kier alpha value is -1.06. The first-order valence-electron chi connectivity index (χ1n) is 14.3. The van der Waals surface area contributed by atoms with Gasteiger partial charge in [-0.05, 0) is 25.7 Å². The summed E-state index contributed by atoms with van der Waals surface area (Å²) in [7, 11) is 0. The van der Waals surface area contributed by atoms with E-state index in [2.05, 4.69) is 24.5 Å². The average Bonchev–Trinajstić information content (AvgIpc) is 2.78. The van der Waals surface area contributed by atoms with Crippen molar-refractivity contribution in [3.05, 3.63) is 0 Å². The average molecular weight is 451 g/mol. The van der Waals surface area contributed by atoms with E-state index in [1.807, 2.05) is 0 Å². The Bertz CT molecular complexity index is 424. The zero-order chi connectivity index (χ0) is 23.3. The highest BCUT2D eigenvalue weighted by Crippen LogP contribution is 2.20. The third kappa shape index (κ3) is 15.7. The number of unbranched alkanes of at least 4 members (excludes halogenated alkanes) is 14. The number of carbonyl (C=O) groups excluding carboxylic acids is 2. The van der Waals surface area contributed by atoms with Gasteiger partial charge in [-0.2, -0.15) is 0 Å². The first-order chi connectivity index (χ1) is 15.7. The van der Waals surface area contributed by atoms with Crippen LogP contribution in [0.1, 0.15) is 155 Å². The predicted molar refractivity (Wildman–Crippen MR) is 137 cm³/mol. The molecule has 32 heavy (non-hydrogen) atoms. The van der Waals surface area contributed by atoms with Crippen molar-refractivity contribution >= 4 is 11.8 Å². The SMILES string of the molecule is CCCCCCCCCCC(=O)NC1CCCCC1NC(=O)CCCCCCCCCC. The number of hydrogen-bond donors (Lipinski definition) is 2. The lowest BCUT2D eigenvalue weighted by Gasteiger charge is -2.33. The molecule has 1 aliphatic rings.